The Morgan fingerprint density at radius 2 is 2.23 bits per heavy atom. The molecule has 4 nitrogen and oxygen atoms in total. The maximum atomic E-state index is 10.7. The molecule has 0 heterocycles. The number of aliphatic hydroxyl groups excluding tert-OH is 1. The van der Waals surface area contributed by atoms with Crippen molar-refractivity contribution >= 4 is 5.97 Å². The molecule has 0 radical (unpaired) electrons. The fraction of sp³-hybridized carbons (Fsp3) is 0.889. The van der Waals surface area contributed by atoms with Gasteiger partial charge in [-0.25, -0.2) is 0 Å². The van der Waals surface area contributed by atoms with E-state index in [4.69, 9.17) is 10.2 Å². The maximum absolute atomic E-state index is 10.7. The molecule has 0 aromatic heterocycles. The van der Waals surface area contributed by atoms with E-state index < -0.39 is 12.2 Å². The van der Waals surface area contributed by atoms with E-state index in [9.17, 15) is 4.79 Å². The monoisotopic (exact) mass is 187 g/mol. The summed E-state index contributed by atoms with van der Waals surface area (Å²) in [5.41, 5.74) is 0. The van der Waals surface area contributed by atoms with Crippen molar-refractivity contribution in [2.45, 2.75) is 44.9 Å². The van der Waals surface area contributed by atoms with Crippen LogP contribution in [0.5, 0.6) is 0 Å². The minimum Gasteiger partial charge on any atom is -0.481 e. The van der Waals surface area contributed by atoms with Crippen LogP contribution in [0.25, 0.3) is 0 Å². The lowest BCUT2D eigenvalue weighted by atomic mass is 9.86. The summed E-state index contributed by atoms with van der Waals surface area (Å²) in [7, 11) is 0. The summed E-state index contributed by atoms with van der Waals surface area (Å²) in [5, 5.41) is 20.8. The third kappa shape index (κ3) is 3.32. The van der Waals surface area contributed by atoms with Crippen molar-refractivity contribution in [2.24, 2.45) is 5.92 Å². The van der Waals surface area contributed by atoms with Crippen molar-refractivity contribution in [1.29, 1.82) is 0 Å². The van der Waals surface area contributed by atoms with Gasteiger partial charge in [0.25, 0.3) is 0 Å². The van der Waals surface area contributed by atoms with E-state index in [-0.39, 0.29) is 12.0 Å². The van der Waals surface area contributed by atoms with E-state index in [2.05, 4.69) is 5.32 Å². The minimum absolute atomic E-state index is 0.162. The predicted molar refractivity (Wildman–Crippen MR) is 48.2 cm³/mol. The number of aliphatic hydroxyl groups is 1. The van der Waals surface area contributed by atoms with Gasteiger partial charge in [0.05, 0.1) is 5.92 Å². The molecular weight excluding hydrogens is 170 g/mol. The lowest BCUT2D eigenvalue weighted by molar-refractivity contribution is -0.143. The average Bonchev–Trinajstić information content (AvgIpc) is 2.03. The molecule has 0 aromatic carbocycles. The first kappa shape index (κ1) is 10.5. The molecule has 3 atom stereocenters. The smallest absolute Gasteiger partial charge is 0.306 e. The number of carbonyl (C=O) groups is 1. The van der Waals surface area contributed by atoms with Crippen molar-refractivity contribution < 1.29 is 15.0 Å². The van der Waals surface area contributed by atoms with Gasteiger partial charge in [0.15, 0.2) is 0 Å². The van der Waals surface area contributed by atoms with Gasteiger partial charge >= 0.3 is 5.97 Å². The highest BCUT2D eigenvalue weighted by atomic mass is 16.4. The molecule has 0 saturated heterocycles. The first-order chi connectivity index (χ1) is 6.09. The number of hydrogen-bond donors (Lipinski definition) is 3. The van der Waals surface area contributed by atoms with E-state index in [1.165, 1.54) is 0 Å². The van der Waals surface area contributed by atoms with Crippen LogP contribution < -0.4 is 5.32 Å². The summed E-state index contributed by atoms with van der Waals surface area (Å²) in [6.07, 6.45) is 2.77. The Morgan fingerprint density at radius 3 is 2.77 bits per heavy atom. The fourth-order valence-electron chi connectivity index (χ4n) is 1.91. The summed E-state index contributed by atoms with van der Waals surface area (Å²) < 4.78 is 0. The maximum Gasteiger partial charge on any atom is 0.306 e. The molecule has 0 amide bonds. The molecule has 0 bridgehead atoms. The first-order valence-electron chi connectivity index (χ1n) is 4.76. The van der Waals surface area contributed by atoms with E-state index in [0.29, 0.717) is 6.42 Å². The molecule has 1 aliphatic carbocycles. The quantitative estimate of drug-likeness (QED) is 0.564. The van der Waals surface area contributed by atoms with Crippen molar-refractivity contribution in [2.75, 3.05) is 0 Å². The van der Waals surface area contributed by atoms with Crippen molar-refractivity contribution in [3.8, 4) is 0 Å². The lowest BCUT2D eigenvalue weighted by Gasteiger charge is -2.28. The van der Waals surface area contributed by atoms with Gasteiger partial charge in [-0.1, -0.05) is 6.42 Å². The van der Waals surface area contributed by atoms with Crippen LogP contribution in [-0.4, -0.2) is 28.5 Å². The highest BCUT2D eigenvalue weighted by Gasteiger charge is 2.26. The third-order valence-electron chi connectivity index (χ3n) is 2.50. The van der Waals surface area contributed by atoms with Crippen LogP contribution in [0.2, 0.25) is 0 Å². The van der Waals surface area contributed by atoms with Gasteiger partial charge in [-0.3, -0.25) is 10.1 Å². The Morgan fingerprint density at radius 1 is 1.54 bits per heavy atom. The summed E-state index contributed by atoms with van der Waals surface area (Å²) in [6, 6.07) is 0.162. The number of aliphatic carboxylic acids is 1. The summed E-state index contributed by atoms with van der Waals surface area (Å²) in [5.74, 6) is -0.943. The van der Waals surface area contributed by atoms with E-state index in [1.54, 1.807) is 6.92 Å². The normalized spacial score (nSPS) is 31.2. The Bertz CT molecular complexity index is 182. The molecule has 0 aromatic rings. The molecule has 1 unspecified atom stereocenters. The molecular formula is C9H17NO3. The zero-order chi connectivity index (χ0) is 9.84. The molecule has 0 spiro atoms. The lowest BCUT2D eigenvalue weighted by Crippen LogP contribution is -2.40. The zero-order valence-electron chi connectivity index (χ0n) is 7.86. The number of hydrogen-bond acceptors (Lipinski definition) is 3. The molecule has 3 N–H and O–H groups in total. The van der Waals surface area contributed by atoms with Crippen LogP contribution >= 0.6 is 0 Å². The number of nitrogens with one attached hydrogen (secondary N) is 1. The minimum atomic E-state index is -0.711. The van der Waals surface area contributed by atoms with Crippen LogP contribution in [0.3, 0.4) is 0 Å². The Balaban J connectivity index is 2.37. The second kappa shape index (κ2) is 4.58. The van der Waals surface area contributed by atoms with Crippen LogP contribution in [0.15, 0.2) is 0 Å². The molecule has 1 aliphatic rings. The molecule has 1 rings (SSSR count). The zero-order valence-corrected chi connectivity index (χ0v) is 7.86. The van der Waals surface area contributed by atoms with Gasteiger partial charge in [-0.2, -0.15) is 0 Å². The molecule has 1 fully saturated rings. The van der Waals surface area contributed by atoms with Gasteiger partial charge in [0.1, 0.15) is 6.23 Å². The van der Waals surface area contributed by atoms with Gasteiger partial charge in [0.2, 0.25) is 0 Å². The number of carboxylic acid groups (broad SMARTS) is 1. The van der Waals surface area contributed by atoms with E-state index in [1.807, 2.05) is 0 Å². The SMILES string of the molecule is CC(O)N[C@@H]1CCC[C@H](C(=O)O)C1. The molecule has 13 heavy (non-hydrogen) atoms. The third-order valence-corrected chi connectivity index (χ3v) is 2.50. The topological polar surface area (TPSA) is 69.6 Å². The van der Waals surface area contributed by atoms with Crippen molar-refractivity contribution in [3.05, 3.63) is 0 Å². The first-order valence-corrected chi connectivity index (χ1v) is 4.76. The van der Waals surface area contributed by atoms with Crippen LogP contribution in [0, 0.1) is 5.92 Å². The van der Waals surface area contributed by atoms with Crippen molar-refractivity contribution in [3.63, 3.8) is 0 Å². The second-order valence-electron chi connectivity index (χ2n) is 3.74. The molecule has 4 heteroatoms. The summed E-state index contributed by atoms with van der Waals surface area (Å²) >= 11 is 0. The summed E-state index contributed by atoms with van der Waals surface area (Å²) in [6.45, 7) is 1.66. The Hall–Kier alpha value is -0.610. The number of rotatable bonds is 3. The summed E-state index contributed by atoms with van der Waals surface area (Å²) in [4.78, 5) is 10.7. The van der Waals surface area contributed by atoms with Gasteiger partial charge in [0, 0.05) is 6.04 Å². The molecule has 1 saturated carbocycles. The average molecular weight is 187 g/mol. The van der Waals surface area contributed by atoms with E-state index >= 15 is 0 Å². The second-order valence-corrected chi connectivity index (χ2v) is 3.74. The van der Waals surface area contributed by atoms with Crippen LogP contribution in [0.1, 0.15) is 32.6 Å². The van der Waals surface area contributed by atoms with Crippen molar-refractivity contribution in [1.82, 2.24) is 5.32 Å². The number of carboxylic acids is 1. The van der Waals surface area contributed by atoms with Gasteiger partial charge in [-0.15, -0.1) is 0 Å². The molecule has 76 valence electrons. The standard InChI is InChI=1S/C9H17NO3/c1-6(11)10-8-4-2-3-7(5-8)9(12)13/h6-8,10-11H,2-5H2,1H3,(H,12,13)/t6?,7-,8+/m0/s1. The highest BCUT2D eigenvalue weighted by molar-refractivity contribution is 5.70. The fourth-order valence-corrected chi connectivity index (χ4v) is 1.91. The van der Waals surface area contributed by atoms with Gasteiger partial charge in [-0.05, 0) is 26.2 Å². The highest BCUT2D eigenvalue weighted by Crippen LogP contribution is 2.24. The molecule has 0 aliphatic heterocycles. The van der Waals surface area contributed by atoms with E-state index in [0.717, 1.165) is 19.3 Å². The van der Waals surface area contributed by atoms with Gasteiger partial charge < -0.3 is 10.2 Å². The predicted octanol–water partition coefficient (Wildman–Crippen LogP) is 0.558. The largest absolute Gasteiger partial charge is 0.481 e. The van der Waals surface area contributed by atoms with Crippen LogP contribution in [-0.2, 0) is 4.79 Å². The Labute approximate surface area is 78.0 Å². The Kier molecular flexibility index (Phi) is 3.69. The van der Waals surface area contributed by atoms with Crippen LogP contribution in [0.4, 0.5) is 0 Å².